The van der Waals surface area contributed by atoms with Gasteiger partial charge in [-0.3, -0.25) is 4.79 Å². The van der Waals surface area contributed by atoms with Gasteiger partial charge in [0.1, 0.15) is 0 Å². The highest BCUT2D eigenvalue weighted by molar-refractivity contribution is 5.99. The van der Waals surface area contributed by atoms with Crippen LogP contribution >= 0.6 is 0 Å². The second kappa shape index (κ2) is 5.90. The molecule has 4 heteroatoms. The molecule has 1 saturated carbocycles. The molecule has 0 saturated heterocycles. The summed E-state index contributed by atoms with van der Waals surface area (Å²) in [6, 6.07) is 8.04. The number of carbonyl (C=O) groups excluding carboxylic acids is 1. The van der Waals surface area contributed by atoms with Crippen LogP contribution in [-0.2, 0) is 4.79 Å². The maximum Gasteiger partial charge on any atom is 0.243 e. The van der Waals surface area contributed by atoms with Crippen molar-refractivity contribution >= 4 is 23.0 Å². The Morgan fingerprint density at radius 3 is 2.90 bits per heavy atom. The van der Waals surface area contributed by atoms with Gasteiger partial charge >= 0.3 is 0 Å². The lowest BCUT2D eigenvalue weighted by molar-refractivity contribution is -0.125. The van der Waals surface area contributed by atoms with Gasteiger partial charge in [0.25, 0.3) is 0 Å². The minimum Gasteiger partial charge on any atom is -0.361 e. The highest BCUT2D eigenvalue weighted by Crippen LogP contribution is 2.23. The Labute approximate surface area is 118 Å². The number of H-pyrrole nitrogens is 1. The first-order valence-corrected chi connectivity index (χ1v) is 7.23. The first kappa shape index (κ1) is 12.9. The lowest BCUT2D eigenvalue weighted by atomic mass is 9.89. The maximum atomic E-state index is 12.0. The third kappa shape index (κ3) is 2.74. The van der Waals surface area contributed by atoms with Gasteiger partial charge in [-0.05, 0) is 18.9 Å². The van der Waals surface area contributed by atoms with Crippen LogP contribution in [0.3, 0.4) is 0 Å². The molecular formula is C16H19N3O. The van der Waals surface area contributed by atoms with E-state index in [0.717, 1.165) is 42.1 Å². The Balaban J connectivity index is 1.64. The smallest absolute Gasteiger partial charge is 0.243 e. The monoisotopic (exact) mass is 269 g/mol. The summed E-state index contributed by atoms with van der Waals surface area (Å²) in [5.74, 6) is 0.199. The number of para-hydroxylation sites is 1. The predicted octanol–water partition coefficient (Wildman–Crippen LogP) is 3.20. The van der Waals surface area contributed by atoms with Crippen LogP contribution in [0.2, 0.25) is 0 Å². The number of fused-ring (bicyclic) bond motifs is 1. The number of hydrazone groups is 1. The summed E-state index contributed by atoms with van der Waals surface area (Å²) >= 11 is 0. The molecule has 0 spiro atoms. The van der Waals surface area contributed by atoms with Gasteiger partial charge in [-0.1, -0.05) is 37.5 Å². The van der Waals surface area contributed by atoms with Crippen LogP contribution in [0.15, 0.2) is 35.6 Å². The minimum atomic E-state index is 0.0563. The van der Waals surface area contributed by atoms with E-state index in [4.69, 9.17) is 0 Å². The molecule has 20 heavy (non-hydrogen) atoms. The Morgan fingerprint density at radius 1 is 1.25 bits per heavy atom. The molecule has 4 nitrogen and oxygen atoms in total. The molecule has 0 radical (unpaired) electrons. The van der Waals surface area contributed by atoms with E-state index in [2.05, 4.69) is 15.5 Å². The normalized spacial score (nSPS) is 16.8. The van der Waals surface area contributed by atoms with Gasteiger partial charge in [-0.15, -0.1) is 0 Å². The molecule has 0 unspecified atom stereocenters. The summed E-state index contributed by atoms with van der Waals surface area (Å²) < 4.78 is 0. The van der Waals surface area contributed by atoms with E-state index >= 15 is 0 Å². The Kier molecular flexibility index (Phi) is 3.81. The second-order valence-corrected chi connectivity index (χ2v) is 5.36. The summed E-state index contributed by atoms with van der Waals surface area (Å²) in [7, 11) is 0. The summed E-state index contributed by atoms with van der Waals surface area (Å²) in [4.78, 5) is 15.1. The van der Waals surface area contributed by atoms with Crippen molar-refractivity contribution in [3.63, 3.8) is 0 Å². The van der Waals surface area contributed by atoms with E-state index < -0.39 is 0 Å². The van der Waals surface area contributed by atoms with Gasteiger partial charge in [0.15, 0.2) is 0 Å². The molecule has 1 aromatic heterocycles. The largest absolute Gasteiger partial charge is 0.361 e. The van der Waals surface area contributed by atoms with Gasteiger partial charge in [0.05, 0.1) is 6.21 Å². The Bertz CT molecular complexity index is 623. The van der Waals surface area contributed by atoms with Crippen molar-refractivity contribution in [3.05, 3.63) is 36.0 Å². The molecule has 1 aliphatic rings. The Hall–Kier alpha value is -2.10. The quantitative estimate of drug-likeness (QED) is 0.652. The summed E-state index contributed by atoms with van der Waals surface area (Å²) in [5, 5.41) is 5.21. The van der Waals surface area contributed by atoms with Gasteiger partial charge in [-0.25, -0.2) is 5.43 Å². The molecule has 2 aromatic rings. The molecular weight excluding hydrogens is 250 g/mol. The van der Waals surface area contributed by atoms with Crippen LogP contribution in [0.25, 0.3) is 10.9 Å². The first-order valence-electron chi connectivity index (χ1n) is 7.23. The number of aromatic amines is 1. The lowest BCUT2D eigenvalue weighted by Crippen LogP contribution is -2.28. The van der Waals surface area contributed by atoms with E-state index in [1.54, 1.807) is 6.21 Å². The van der Waals surface area contributed by atoms with Crippen molar-refractivity contribution in [2.45, 2.75) is 32.1 Å². The van der Waals surface area contributed by atoms with Crippen LogP contribution in [0.1, 0.15) is 37.7 Å². The standard InChI is InChI=1S/C16H19N3O/c20-16(12-6-2-1-3-7-12)19-18-11-13-10-17-15-9-5-4-8-14(13)15/h4-5,8-12,17H,1-3,6-7H2,(H,19,20)/b18-11-. The fraction of sp³-hybridized carbons (Fsp3) is 0.375. The summed E-state index contributed by atoms with van der Waals surface area (Å²) in [5.41, 5.74) is 4.74. The van der Waals surface area contributed by atoms with E-state index in [1.807, 2.05) is 30.5 Å². The summed E-state index contributed by atoms with van der Waals surface area (Å²) in [6.07, 6.45) is 9.17. The third-order valence-electron chi connectivity index (χ3n) is 3.98. The molecule has 104 valence electrons. The van der Waals surface area contributed by atoms with E-state index in [9.17, 15) is 4.79 Å². The van der Waals surface area contributed by atoms with Crippen LogP contribution < -0.4 is 5.43 Å². The average molecular weight is 269 g/mol. The van der Waals surface area contributed by atoms with E-state index in [-0.39, 0.29) is 11.8 Å². The maximum absolute atomic E-state index is 12.0. The van der Waals surface area contributed by atoms with E-state index in [1.165, 1.54) is 6.42 Å². The molecule has 1 amide bonds. The predicted molar refractivity (Wildman–Crippen MR) is 80.6 cm³/mol. The van der Waals surface area contributed by atoms with Crippen molar-refractivity contribution in [2.75, 3.05) is 0 Å². The molecule has 0 aliphatic heterocycles. The van der Waals surface area contributed by atoms with Crippen molar-refractivity contribution in [3.8, 4) is 0 Å². The van der Waals surface area contributed by atoms with Crippen molar-refractivity contribution in [2.24, 2.45) is 11.0 Å². The first-order chi connectivity index (χ1) is 9.84. The molecule has 3 rings (SSSR count). The fourth-order valence-electron chi connectivity index (χ4n) is 2.82. The highest BCUT2D eigenvalue weighted by Gasteiger charge is 2.20. The van der Waals surface area contributed by atoms with E-state index in [0.29, 0.717) is 0 Å². The van der Waals surface area contributed by atoms with Gasteiger partial charge in [0, 0.05) is 28.6 Å². The van der Waals surface area contributed by atoms with Crippen LogP contribution in [-0.4, -0.2) is 17.1 Å². The van der Waals surface area contributed by atoms with Crippen LogP contribution in [0.5, 0.6) is 0 Å². The number of rotatable bonds is 3. The third-order valence-corrected chi connectivity index (χ3v) is 3.98. The van der Waals surface area contributed by atoms with Gasteiger partial charge in [-0.2, -0.15) is 5.10 Å². The SMILES string of the molecule is O=C(N/N=C\c1c[nH]c2ccccc12)C1CCCCC1. The zero-order valence-electron chi connectivity index (χ0n) is 11.4. The zero-order chi connectivity index (χ0) is 13.8. The molecule has 1 fully saturated rings. The molecule has 0 atom stereocenters. The van der Waals surface area contributed by atoms with Gasteiger partial charge in [0.2, 0.25) is 5.91 Å². The van der Waals surface area contributed by atoms with Crippen molar-refractivity contribution in [1.82, 2.24) is 10.4 Å². The molecule has 1 heterocycles. The van der Waals surface area contributed by atoms with Gasteiger partial charge < -0.3 is 4.98 Å². The molecule has 2 N–H and O–H groups in total. The fourth-order valence-corrected chi connectivity index (χ4v) is 2.82. The molecule has 1 aromatic carbocycles. The minimum absolute atomic E-state index is 0.0563. The zero-order valence-corrected chi connectivity index (χ0v) is 11.4. The molecule has 1 aliphatic carbocycles. The van der Waals surface area contributed by atoms with Crippen LogP contribution in [0, 0.1) is 5.92 Å². The number of hydrogen-bond donors (Lipinski definition) is 2. The number of benzene rings is 1. The number of hydrogen-bond acceptors (Lipinski definition) is 2. The number of aromatic nitrogens is 1. The van der Waals surface area contributed by atoms with Crippen molar-refractivity contribution in [1.29, 1.82) is 0 Å². The Morgan fingerprint density at radius 2 is 2.05 bits per heavy atom. The second-order valence-electron chi connectivity index (χ2n) is 5.36. The topological polar surface area (TPSA) is 57.2 Å². The lowest BCUT2D eigenvalue weighted by Gasteiger charge is -2.19. The number of amides is 1. The summed E-state index contributed by atoms with van der Waals surface area (Å²) in [6.45, 7) is 0. The van der Waals surface area contributed by atoms with Crippen LogP contribution in [0.4, 0.5) is 0 Å². The number of nitrogens with one attached hydrogen (secondary N) is 2. The number of nitrogens with zero attached hydrogens (tertiary/aromatic N) is 1. The average Bonchev–Trinajstić information content (AvgIpc) is 2.92. The highest BCUT2D eigenvalue weighted by atomic mass is 16.2. The van der Waals surface area contributed by atoms with Crippen molar-refractivity contribution < 1.29 is 4.79 Å². The molecule has 0 bridgehead atoms. The number of carbonyl (C=O) groups is 1.